The fourth-order valence-corrected chi connectivity index (χ4v) is 1.94. The number of aliphatic carboxylic acids is 1. The molecule has 0 fully saturated rings. The maximum absolute atomic E-state index is 11.9. The standard InChI is InChI=1S/C11H15BrN2O4/c1-3-14-6-7(12)4-8(14)10(15)13-5-9(18-2)11(16)17/h4,6,9H,3,5H2,1-2H3,(H,13,15)(H,16,17). The molecule has 100 valence electrons. The summed E-state index contributed by atoms with van der Waals surface area (Å²) in [5.41, 5.74) is 0.476. The molecule has 0 aliphatic carbocycles. The van der Waals surface area contributed by atoms with E-state index in [1.807, 2.05) is 6.92 Å². The van der Waals surface area contributed by atoms with Gasteiger partial charge in [-0.3, -0.25) is 4.79 Å². The molecule has 7 heteroatoms. The molecule has 1 unspecified atom stereocenters. The largest absolute Gasteiger partial charge is 0.479 e. The zero-order valence-electron chi connectivity index (χ0n) is 10.1. The fourth-order valence-electron chi connectivity index (χ4n) is 1.47. The summed E-state index contributed by atoms with van der Waals surface area (Å²) in [6, 6.07) is 1.68. The Labute approximate surface area is 113 Å². The number of carboxylic acids is 1. The Bertz CT molecular complexity index is 444. The van der Waals surface area contributed by atoms with Crippen LogP contribution in [0.25, 0.3) is 0 Å². The third-order valence-electron chi connectivity index (χ3n) is 2.44. The lowest BCUT2D eigenvalue weighted by atomic mass is 10.3. The van der Waals surface area contributed by atoms with Gasteiger partial charge in [0.15, 0.2) is 6.10 Å². The molecule has 1 rings (SSSR count). The molecule has 1 aromatic rings. The van der Waals surface area contributed by atoms with Gasteiger partial charge in [0.05, 0.1) is 6.54 Å². The van der Waals surface area contributed by atoms with Crippen molar-refractivity contribution in [3.8, 4) is 0 Å². The molecule has 0 radical (unpaired) electrons. The number of hydrogen-bond donors (Lipinski definition) is 2. The van der Waals surface area contributed by atoms with Gasteiger partial charge in [-0.1, -0.05) is 0 Å². The molecule has 1 atom stereocenters. The van der Waals surface area contributed by atoms with E-state index in [4.69, 9.17) is 9.84 Å². The average molecular weight is 319 g/mol. The molecule has 0 aromatic carbocycles. The lowest BCUT2D eigenvalue weighted by Gasteiger charge is -2.12. The number of aromatic nitrogens is 1. The van der Waals surface area contributed by atoms with Crippen molar-refractivity contribution in [2.24, 2.45) is 0 Å². The van der Waals surface area contributed by atoms with Crippen LogP contribution in [0.3, 0.4) is 0 Å². The van der Waals surface area contributed by atoms with E-state index in [2.05, 4.69) is 21.2 Å². The second-order valence-electron chi connectivity index (χ2n) is 3.60. The molecule has 0 aliphatic rings. The topological polar surface area (TPSA) is 80.6 Å². The van der Waals surface area contributed by atoms with Crippen molar-refractivity contribution in [1.82, 2.24) is 9.88 Å². The van der Waals surface area contributed by atoms with E-state index in [1.54, 1.807) is 16.8 Å². The minimum Gasteiger partial charge on any atom is -0.479 e. The van der Waals surface area contributed by atoms with E-state index in [-0.39, 0.29) is 12.5 Å². The number of nitrogens with one attached hydrogen (secondary N) is 1. The number of hydrogen-bond acceptors (Lipinski definition) is 3. The molecule has 1 aromatic heterocycles. The van der Waals surface area contributed by atoms with Crippen LogP contribution >= 0.6 is 15.9 Å². The van der Waals surface area contributed by atoms with Gasteiger partial charge in [-0.2, -0.15) is 0 Å². The van der Waals surface area contributed by atoms with Gasteiger partial charge >= 0.3 is 5.97 Å². The Morgan fingerprint density at radius 2 is 2.28 bits per heavy atom. The normalized spacial score (nSPS) is 12.2. The number of carbonyl (C=O) groups is 2. The molecule has 0 saturated heterocycles. The summed E-state index contributed by atoms with van der Waals surface area (Å²) in [6.45, 7) is 2.50. The molecule has 0 bridgehead atoms. The summed E-state index contributed by atoms with van der Waals surface area (Å²) in [5, 5.41) is 11.3. The first kappa shape index (κ1) is 14.7. The number of rotatable bonds is 6. The van der Waals surface area contributed by atoms with Gasteiger partial charge in [0, 0.05) is 24.3 Å². The number of carbonyl (C=O) groups excluding carboxylic acids is 1. The Hall–Kier alpha value is -1.34. The number of methoxy groups -OCH3 is 1. The predicted molar refractivity (Wildman–Crippen MR) is 68.6 cm³/mol. The zero-order chi connectivity index (χ0) is 13.7. The second-order valence-corrected chi connectivity index (χ2v) is 4.52. The minimum absolute atomic E-state index is 0.0722. The highest BCUT2D eigenvalue weighted by atomic mass is 79.9. The summed E-state index contributed by atoms with van der Waals surface area (Å²) < 4.78 is 7.30. The average Bonchev–Trinajstić information content (AvgIpc) is 2.70. The van der Waals surface area contributed by atoms with Crippen molar-refractivity contribution in [3.63, 3.8) is 0 Å². The zero-order valence-corrected chi connectivity index (χ0v) is 11.7. The number of ether oxygens (including phenoxy) is 1. The van der Waals surface area contributed by atoms with Crippen molar-refractivity contribution >= 4 is 27.8 Å². The van der Waals surface area contributed by atoms with Crippen molar-refractivity contribution in [2.75, 3.05) is 13.7 Å². The van der Waals surface area contributed by atoms with E-state index in [9.17, 15) is 9.59 Å². The highest BCUT2D eigenvalue weighted by Gasteiger charge is 2.19. The monoisotopic (exact) mass is 318 g/mol. The van der Waals surface area contributed by atoms with E-state index in [1.165, 1.54) is 7.11 Å². The van der Waals surface area contributed by atoms with Gasteiger partial charge in [-0.05, 0) is 28.9 Å². The van der Waals surface area contributed by atoms with E-state index in [0.717, 1.165) is 4.47 Å². The molecule has 1 amide bonds. The first-order valence-corrected chi connectivity index (χ1v) is 6.18. The summed E-state index contributed by atoms with van der Waals surface area (Å²) in [5.74, 6) is -1.43. The Morgan fingerprint density at radius 3 is 2.78 bits per heavy atom. The van der Waals surface area contributed by atoms with Gasteiger partial charge < -0.3 is 19.7 Å². The van der Waals surface area contributed by atoms with E-state index in [0.29, 0.717) is 12.2 Å². The van der Waals surface area contributed by atoms with Crippen LogP contribution in [0.5, 0.6) is 0 Å². The van der Waals surface area contributed by atoms with E-state index < -0.39 is 12.1 Å². The van der Waals surface area contributed by atoms with Crippen LogP contribution in [0.15, 0.2) is 16.7 Å². The number of carboxylic acid groups (broad SMARTS) is 1. The second kappa shape index (κ2) is 6.55. The molecular formula is C11H15BrN2O4. The van der Waals surface area contributed by atoms with Gasteiger partial charge in [0.1, 0.15) is 5.69 Å². The van der Waals surface area contributed by atoms with E-state index >= 15 is 0 Å². The highest BCUT2D eigenvalue weighted by Crippen LogP contribution is 2.14. The number of nitrogens with zero attached hydrogens (tertiary/aromatic N) is 1. The van der Waals surface area contributed by atoms with Crippen LogP contribution in [0.1, 0.15) is 17.4 Å². The lowest BCUT2D eigenvalue weighted by Crippen LogP contribution is -2.38. The molecule has 0 spiro atoms. The van der Waals surface area contributed by atoms with Gasteiger partial charge in [0.25, 0.3) is 5.91 Å². The maximum Gasteiger partial charge on any atom is 0.334 e. The summed E-state index contributed by atoms with van der Waals surface area (Å²) in [4.78, 5) is 22.6. The van der Waals surface area contributed by atoms with Crippen molar-refractivity contribution in [2.45, 2.75) is 19.6 Å². The molecule has 0 saturated carbocycles. The van der Waals surface area contributed by atoms with Crippen LogP contribution in [0.4, 0.5) is 0 Å². The molecule has 2 N–H and O–H groups in total. The summed E-state index contributed by atoms with van der Waals surface area (Å²) >= 11 is 3.29. The molecule has 0 aliphatic heterocycles. The molecule has 6 nitrogen and oxygen atoms in total. The van der Waals surface area contributed by atoms with Crippen LogP contribution in [-0.4, -0.2) is 41.3 Å². The summed E-state index contributed by atoms with van der Waals surface area (Å²) in [7, 11) is 1.29. The predicted octanol–water partition coefficient (Wildman–Crippen LogP) is 1.10. The number of halogens is 1. The number of amides is 1. The van der Waals surface area contributed by atoms with Gasteiger partial charge in [0.2, 0.25) is 0 Å². The van der Waals surface area contributed by atoms with Crippen LogP contribution in [0, 0.1) is 0 Å². The fraction of sp³-hybridized carbons (Fsp3) is 0.455. The number of aryl methyl sites for hydroxylation is 1. The smallest absolute Gasteiger partial charge is 0.334 e. The third kappa shape index (κ3) is 3.58. The minimum atomic E-state index is -1.11. The van der Waals surface area contributed by atoms with Crippen molar-refractivity contribution < 1.29 is 19.4 Å². The van der Waals surface area contributed by atoms with Crippen molar-refractivity contribution in [1.29, 1.82) is 0 Å². The third-order valence-corrected chi connectivity index (χ3v) is 2.88. The molecule has 18 heavy (non-hydrogen) atoms. The first-order valence-electron chi connectivity index (χ1n) is 5.39. The SMILES string of the molecule is CCn1cc(Br)cc1C(=O)NCC(OC)C(=O)O. The first-order chi connectivity index (χ1) is 8.49. The quantitative estimate of drug-likeness (QED) is 0.823. The lowest BCUT2D eigenvalue weighted by molar-refractivity contribution is -0.148. The highest BCUT2D eigenvalue weighted by molar-refractivity contribution is 9.10. The summed E-state index contributed by atoms with van der Waals surface area (Å²) in [6.07, 6.45) is 0.752. The van der Waals surface area contributed by atoms with Gasteiger partial charge in [-0.25, -0.2) is 4.79 Å². The Morgan fingerprint density at radius 1 is 1.61 bits per heavy atom. The molecule has 1 heterocycles. The van der Waals surface area contributed by atoms with Crippen LogP contribution in [-0.2, 0) is 16.1 Å². The Balaban J connectivity index is 2.67. The van der Waals surface area contributed by atoms with Crippen LogP contribution in [0.2, 0.25) is 0 Å². The Kier molecular flexibility index (Phi) is 5.36. The molecular weight excluding hydrogens is 304 g/mol. The van der Waals surface area contributed by atoms with Crippen molar-refractivity contribution in [3.05, 3.63) is 22.4 Å². The van der Waals surface area contributed by atoms with Gasteiger partial charge in [-0.15, -0.1) is 0 Å². The van der Waals surface area contributed by atoms with Crippen LogP contribution < -0.4 is 5.32 Å². The maximum atomic E-state index is 11.9.